The first-order chi connectivity index (χ1) is 4.31. The minimum absolute atomic E-state index is 0.855. The van der Waals surface area contributed by atoms with Gasteiger partial charge in [0.1, 0.15) is 0 Å². The van der Waals surface area contributed by atoms with Crippen LogP contribution in [0.25, 0.3) is 0 Å². The van der Waals surface area contributed by atoms with Gasteiger partial charge in [-0.15, -0.1) is 0 Å². The zero-order valence-electron chi connectivity index (χ0n) is 6.18. The van der Waals surface area contributed by atoms with Gasteiger partial charge in [-0.1, -0.05) is 18.7 Å². The van der Waals surface area contributed by atoms with Crippen LogP contribution in [0.4, 0.5) is 0 Å². The lowest BCUT2D eigenvalue weighted by Gasteiger charge is -1.98. The van der Waals surface area contributed by atoms with Crippen LogP contribution in [-0.4, -0.2) is 7.11 Å². The number of methoxy groups -OCH3 is 1. The molecular formula is C8H14O. The highest BCUT2D eigenvalue weighted by Gasteiger charge is 1.86. The third-order valence-electron chi connectivity index (χ3n) is 1.11. The molecule has 0 N–H and O–H groups in total. The van der Waals surface area contributed by atoms with E-state index in [0.717, 1.165) is 18.6 Å². The number of allylic oxidation sites excluding steroid dienone is 3. The molecule has 1 nitrogen and oxygen atoms in total. The Balaban J connectivity index is 3.17. The van der Waals surface area contributed by atoms with Crippen LogP contribution in [0, 0.1) is 0 Å². The van der Waals surface area contributed by atoms with Crippen molar-refractivity contribution in [3.63, 3.8) is 0 Å². The molecule has 0 unspecified atom stereocenters. The predicted octanol–water partition coefficient (Wildman–Crippen LogP) is 2.50. The van der Waals surface area contributed by atoms with Gasteiger partial charge in [0.15, 0.2) is 0 Å². The lowest BCUT2D eigenvalue weighted by atomic mass is 10.3. The number of hydrogen-bond acceptors (Lipinski definition) is 1. The van der Waals surface area contributed by atoms with Crippen LogP contribution in [0.15, 0.2) is 24.5 Å². The Bertz CT molecular complexity index is 103. The van der Waals surface area contributed by atoms with E-state index in [1.807, 2.05) is 13.0 Å². The van der Waals surface area contributed by atoms with E-state index in [1.165, 1.54) is 0 Å². The fourth-order valence-corrected chi connectivity index (χ4v) is 0.513. The Morgan fingerprint density at radius 3 is 2.78 bits per heavy atom. The van der Waals surface area contributed by atoms with Crippen molar-refractivity contribution in [1.82, 2.24) is 0 Å². The summed E-state index contributed by atoms with van der Waals surface area (Å²) in [6, 6.07) is 0. The monoisotopic (exact) mass is 126 g/mol. The fraction of sp³-hybridized carbons (Fsp3) is 0.500. The summed E-state index contributed by atoms with van der Waals surface area (Å²) in [5.41, 5.74) is 0. The Morgan fingerprint density at radius 1 is 1.67 bits per heavy atom. The second-order valence-corrected chi connectivity index (χ2v) is 1.85. The highest BCUT2D eigenvalue weighted by Crippen LogP contribution is 2.02. The van der Waals surface area contributed by atoms with E-state index in [4.69, 9.17) is 4.74 Å². The van der Waals surface area contributed by atoms with Gasteiger partial charge in [-0.25, -0.2) is 0 Å². The molecular weight excluding hydrogens is 112 g/mol. The van der Waals surface area contributed by atoms with Crippen LogP contribution in [0.1, 0.15) is 19.8 Å². The molecule has 0 aromatic carbocycles. The summed E-state index contributed by atoms with van der Waals surface area (Å²) in [5.74, 6) is 0.855. The summed E-state index contributed by atoms with van der Waals surface area (Å²) >= 11 is 0. The standard InChI is InChI=1S/C8H14O/c1-4-5-6-7-8(2)9-3/h4-5H,2,6-7H2,1,3H3/b5-4-. The second-order valence-electron chi connectivity index (χ2n) is 1.85. The molecule has 0 bridgehead atoms. The van der Waals surface area contributed by atoms with Gasteiger partial charge in [0.05, 0.1) is 12.9 Å². The van der Waals surface area contributed by atoms with Crippen molar-refractivity contribution in [2.45, 2.75) is 19.8 Å². The first-order valence-corrected chi connectivity index (χ1v) is 3.14. The lowest BCUT2D eigenvalue weighted by Crippen LogP contribution is -1.81. The van der Waals surface area contributed by atoms with Crippen molar-refractivity contribution in [3.05, 3.63) is 24.5 Å². The quantitative estimate of drug-likeness (QED) is 0.415. The molecule has 0 aliphatic rings. The minimum atomic E-state index is 0.855. The number of rotatable bonds is 4. The SMILES string of the molecule is C=C(CC/C=C\C)OC. The van der Waals surface area contributed by atoms with E-state index in [9.17, 15) is 0 Å². The molecule has 0 aromatic rings. The Kier molecular flexibility index (Phi) is 4.98. The Labute approximate surface area is 57.0 Å². The molecule has 0 fully saturated rings. The van der Waals surface area contributed by atoms with Crippen molar-refractivity contribution >= 4 is 0 Å². The van der Waals surface area contributed by atoms with E-state index in [-0.39, 0.29) is 0 Å². The fourth-order valence-electron chi connectivity index (χ4n) is 0.513. The lowest BCUT2D eigenvalue weighted by molar-refractivity contribution is 0.280. The Hall–Kier alpha value is -0.720. The summed E-state index contributed by atoms with van der Waals surface area (Å²) in [4.78, 5) is 0. The highest BCUT2D eigenvalue weighted by atomic mass is 16.5. The molecule has 0 atom stereocenters. The molecule has 52 valence electrons. The first kappa shape index (κ1) is 8.28. The van der Waals surface area contributed by atoms with Crippen LogP contribution < -0.4 is 0 Å². The minimum Gasteiger partial charge on any atom is -0.502 e. The average Bonchev–Trinajstić information content (AvgIpc) is 1.89. The van der Waals surface area contributed by atoms with E-state index in [0.29, 0.717) is 0 Å². The zero-order valence-corrected chi connectivity index (χ0v) is 6.18. The van der Waals surface area contributed by atoms with Gasteiger partial charge in [-0.2, -0.15) is 0 Å². The van der Waals surface area contributed by atoms with E-state index in [2.05, 4.69) is 12.7 Å². The predicted molar refractivity (Wildman–Crippen MR) is 40.2 cm³/mol. The van der Waals surface area contributed by atoms with Gasteiger partial charge in [0.2, 0.25) is 0 Å². The van der Waals surface area contributed by atoms with Gasteiger partial charge in [-0.05, 0) is 13.3 Å². The number of hydrogen-bond donors (Lipinski definition) is 0. The molecule has 9 heavy (non-hydrogen) atoms. The molecule has 0 amide bonds. The largest absolute Gasteiger partial charge is 0.502 e. The van der Waals surface area contributed by atoms with Crippen LogP contribution in [0.3, 0.4) is 0 Å². The van der Waals surface area contributed by atoms with Crippen molar-refractivity contribution < 1.29 is 4.74 Å². The molecule has 0 saturated heterocycles. The van der Waals surface area contributed by atoms with Crippen LogP contribution in [-0.2, 0) is 4.74 Å². The maximum Gasteiger partial charge on any atom is 0.0887 e. The van der Waals surface area contributed by atoms with Crippen LogP contribution in [0.5, 0.6) is 0 Å². The molecule has 0 aliphatic heterocycles. The van der Waals surface area contributed by atoms with Crippen LogP contribution in [0.2, 0.25) is 0 Å². The van der Waals surface area contributed by atoms with E-state index >= 15 is 0 Å². The zero-order chi connectivity index (χ0) is 7.11. The molecule has 1 heteroatoms. The topological polar surface area (TPSA) is 9.23 Å². The average molecular weight is 126 g/mol. The van der Waals surface area contributed by atoms with Crippen molar-refractivity contribution in [1.29, 1.82) is 0 Å². The summed E-state index contributed by atoms with van der Waals surface area (Å²) in [7, 11) is 1.65. The van der Waals surface area contributed by atoms with Gasteiger partial charge < -0.3 is 4.74 Å². The van der Waals surface area contributed by atoms with Gasteiger partial charge in [0.25, 0.3) is 0 Å². The summed E-state index contributed by atoms with van der Waals surface area (Å²) in [5, 5.41) is 0. The molecule has 0 saturated carbocycles. The van der Waals surface area contributed by atoms with Crippen molar-refractivity contribution in [2.75, 3.05) is 7.11 Å². The highest BCUT2D eigenvalue weighted by molar-refractivity contribution is 4.87. The smallest absolute Gasteiger partial charge is 0.0887 e. The maximum atomic E-state index is 4.87. The normalized spacial score (nSPS) is 10.0. The summed E-state index contributed by atoms with van der Waals surface area (Å²) in [6.07, 6.45) is 6.09. The maximum absolute atomic E-state index is 4.87. The molecule has 0 radical (unpaired) electrons. The molecule has 0 heterocycles. The molecule has 0 spiro atoms. The summed E-state index contributed by atoms with van der Waals surface area (Å²) in [6.45, 7) is 5.70. The van der Waals surface area contributed by atoms with Crippen LogP contribution >= 0.6 is 0 Å². The third kappa shape index (κ3) is 5.15. The van der Waals surface area contributed by atoms with Gasteiger partial charge in [-0.3, -0.25) is 0 Å². The molecule has 0 aliphatic carbocycles. The van der Waals surface area contributed by atoms with Gasteiger partial charge >= 0.3 is 0 Å². The van der Waals surface area contributed by atoms with Gasteiger partial charge in [0, 0.05) is 6.42 Å². The Morgan fingerprint density at radius 2 is 2.33 bits per heavy atom. The third-order valence-corrected chi connectivity index (χ3v) is 1.11. The van der Waals surface area contributed by atoms with E-state index < -0.39 is 0 Å². The molecule has 0 rings (SSSR count). The van der Waals surface area contributed by atoms with Crippen molar-refractivity contribution in [3.8, 4) is 0 Å². The first-order valence-electron chi connectivity index (χ1n) is 3.14. The second kappa shape index (κ2) is 5.42. The van der Waals surface area contributed by atoms with Crippen molar-refractivity contribution in [2.24, 2.45) is 0 Å². The van der Waals surface area contributed by atoms with E-state index in [1.54, 1.807) is 7.11 Å². The summed E-state index contributed by atoms with van der Waals surface area (Å²) < 4.78 is 4.87. The molecule has 0 aromatic heterocycles. The number of ether oxygens (including phenoxy) is 1.